The molecule has 1 rings (SSSR count). The van der Waals surface area contributed by atoms with E-state index in [1.54, 1.807) is 6.92 Å². The molecule has 126 valence electrons. The maximum Gasteiger partial charge on any atom is 0.233 e. The molecule has 0 spiro atoms. The highest BCUT2D eigenvalue weighted by molar-refractivity contribution is 6.03. The van der Waals surface area contributed by atoms with E-state index >= 15 is 0 Å². The first-order valence-corrected chi connectivity index (χ1v) is 8.03. The lowest BCUT2D eigenvalue weighted by Crippen LogP contribution is -2.42. The fourth-order valence-corrected chi connectivity index (χ4v) is 3.33. The Kier molecular flexibility index (Phi) is 4.96. The van der Waals surface area contributed by atoms with Crippen LogP contribution in [0.4, 0.5) is 0 Å². The number of imide groups is 1. The summed E-state index contributed by atoms with van der Waals surface area (Å²) in [4.78, 5) is 38.0. The molecule has 0 aliphatic carbocycles. The van der Waals surface area contributed by atoms with E-state index in [4.69, 9.17) is 0 Å². The average molecular weight is 309 g/mol. The number of carbonyl (C=O) groups excluding carboxylic acids is 3. The molecular weight excluding hydrogens is 278 g/mol. The van der Waals surface area contributed by atoms with Crippen molar-refractivity contribution in [2.45, 2.75) is 68.2 Å². The number of hydrogen-bond donors (Lipinski definition) is 0. The van der Waals surface area contributed by atoms with Crippen LogP contribution in [0, 0.1) is 22.2 Å². The Morgan fingerprint density at radius 1 is 1.09 bits per heavy atom. The third-order valence-corrected chi connectivity index (χ3v) is 4.75. The monoisotopic (exact) mass is 309 g/mol. The molecule has 0 saturated carbocycles. The quantitative estimate of drug-likeness (QED) is 0.731. The second kappa shape index (κ2) is 5.78. The average Bonchev–Trinajstić information content (AvgIpc) is 2.54. The predicted octanol–water partition coefficient (Wildman–Crippen LogP) is 3.44. The number of Topliss-reactive ketones (excluding diaryl/α,β-unsaturated/α-hetero) is 1. The number of hydrogen-bond acceptors (Lipinski definition) is 3. The third kappa shape index (κ3) is 4.17. The van der Waals surface area contributed by atoms with E-state index in [0.717, 1.165) is 0 Å². The molecule has 1 fully saturated rings. The molecular formula is C18H31NO3. The predicted molar refractivity (Wildman–Crippen MR) is 87.1 cm³/mol. The van der Waals surface area contributed by atoms with Crippen molar-refractivity contribution in [3.8, 4) is 0 Å². The van der Waals surface area contributed by atoms with Gasteiger partial charge in [0, 0.05) is 18.4 Å². The van der Waals surface area contributed by atoms with Crippen molar-refractivity contribution < 1.29 is 14.4 Å². The highest BCUT2D eigenvalue weighted by atomic mass is 16.2. The van der Waals surface area contributed by atoms with E-state index in [1.807, 2.05) is 48.5 Å². The van der Waals surface area contributed by atoms with Gasteiger partial charge in [-0.15, -0.1) is 0 Å². The van der Waals surface area contributed by atoms with Gasteiger partial charge in [0.15, 0.2) is 0 Å². The summed E-state index contributed by atoms with van der Waals surface area (Å²) in [5, 5.41) is 0. The van der Waals surface area contributed by atoms with Gasteiger partial charge in [0.1, 0.15) is 5.78 Å². The Labute approximate surface area is 134 Å². The Morgan fingerprint density at radius 2 is 1.59 bits per heavy atom. The Bertz CT molecular complexity index is 483. The third-order valence-electron chi connectivity index (χ3n) is 4.75. The Morgan fingerprint density at radius 3 is 1.95 bits per heavy atom. The molecule has 1 aliphatic rings. The molecule has 0 aromatic carbocycles. The van der Waals surface area contributed by atoms with Gasteiger partial charge >= 0.3 is 0 Å². The number of carbonyl (C=O) groups is 3. The molecule has 1 heterocycles. The van der Waals surface area contributed by atoms with Crippen molar-refractivity contribution >= 4 is 17.6 Å². The number of amides is 2. The fourth-order valence-electron chi connectivity index (χ4n) is 3.33. The summed E-state index contributed by atoms with van der Waals surface area (Å²) in [6.07, 6.45) is 0.946. The van der Waals surface area contributed by atoms with E-state index in [0.29, 0.717) is 19.4 Å². The number of rotatable bonds is 5. The maximum atomic E-state index is 12.6. The fraction of sp³-hybridized carbons (Fsp3) is 0.833. The molecule has 1 aliphatic heterocycles. The topological polar surface area (TPSA) is 54.5 Å². The molecule has 0 aromatic heterocycles. The molecule has 22 heavy (non-hydrogen) atoms. The van der Waals surface area contributed by atoms with Crippen molar-refractivity contribution in [3.05, 3.63) is 0 Å². The Balaban J connectivity index is 2.88. The summed E-state index contributed by atoms with van der Waals surface area (Å²) in [7, 11) is 0. The second-order valence-corrected chi connectivity index (χ2v) is 9.22. The molecule has 1 atom stereocenters. The second-order valence-electron chi connectivity index (χ2n) is 9.22. The first-order valence-electron chi connectivity index (χ1n) is 8.03. The van der Waals surface area contributed by atoms with Gasteiger partial charge in [-0.3, -0.25) is 19.3 Å². The number of ketones is 1. The largest absolute Gasteiger partial charge is 0.299 e. The Hall–Kier alpha value is -1.19. The molecule has 1 saturated heterocycles. The van der Waals surface area contributed by atoms with Crippen LogP contribution >= 0.6 is 0 Å². The zero-order chi connectivity index (χ0) is 17.5. The van der Waals surface area contributed by atoms with Crippen molar-refractivity contribution in [2.24, 2.45) is 22.2 Å². The highest BCUT2D eigenvalue weighted by Gasteiger charge is 2.46. The lowest BCUT2D eigenvalue weighted by molar-refractivity contribution is -0.142. The summed E-state index contributed by atoms with van der Waals surface area (Å²) in [6, 6.07) is 0. The molecule has 1 unspecified atom stereocenters. The summed E-state index contributed by atoms with van der Waals surface area (Å²) < 4.78 is 0. The van der Waals surface area contributed by atoms with Crippen LogP contribution in [0.3, 0.4) is 0 Å². The minimum atomic E-state index is -0.446. The van der Waals surface area contributed by atoms with Crippen LogP contribution in [0.15, 0.2) is 0 Å². The van der Waals surface area contributed by atoms with Crippen LogP contribution in [0.1, 0.15) is 68.2 Å². The summed E-state index contributed by atoms with van der Waals surface area (Å²) >= 11 is 0. The minimum Gasteiger partial charge on any atom is -0.299 e. The zero-order valence-corrected chi connectivity index (χ0v) is 15.4. The maximum absolute atomic E-state index is 12.6. The molecule has 0 N–H and O–H groups in total. The van der Waals surface area contributed by atoms with E-state index in [-0.39, 0.29) is 34.3 Å². The smallest absolute Gasteiger partial charge is 0.233 e. The van der Waals surface area contributed by atoms with E-state index in [2.05, 4.69) is 0 Å². The van der Waals surface area contributed by atoms with Crippen molar-refractivity contribution in [2.75, 3.05) is 6.54 Å². The van der Waals surface area contributed by atoms with E-state index in [9.17, 15) is 14.4 Å². The van der Waals surface area contributed by atoms with Gasteiger partial charge < -0.3 is 0 Å². The van der Waals surface area contributed by atoms with Gasteiger partial charge in [-0.2, -0.15) is 0 Å². The van der Waals surface area contributed by atoms with Gasteiger partial charge in [-0.05, 0) is 24.2 Å². The van der Waals surface area contributed by atoms with Crippen molar-refractivity contribution in [3.63, 3.8) is 0 Å². The molecule has 0 radical (unpaired) electrons. The normalized spacial score (nSPS) is 20.7. The number of nitrogens with zero attached hydrogens (tertiary/aromatic N) is 1. The van der Waals surface area contributed by atoms with Gasteiger partial charge in [-0.1, -0.05) is 48.5 Å². The molecule has 0 bridgehead atoms. The first-order chi connectivity index (χ1) is 9.67. The van der Waals surface area contributed by atoms with Crippen LogP contribution in [-0.4, -0.2) is 29.0 Å². The van der Waals surface area contributed by atoms with Crippen molar-refractivity contribution in [1.82, 2.24) is 4.90 Å². The van der Waals surface area contributed by atoms with Gasteiger partial charge in [0.05, 0.1) is 5.92 Å². The lowest BCUT2D eigenvalue weighted by Gasteiger charge is -2.36. The summed E-state index contributed by atoms with van der Waals surface area (Å²) in [5.41, 5.74) is -0.934. The molecule has 4 nitrogen and oxygen atoms in total. The van der Waals surface area contributed by atoms with E-state index < -0.39 is 5.41 Å². The minimum absolute atomic E-state index is 0.0637. The summed E-state index contributed by atoms with van der Waals surface area (Å²) in [6.45, 7) is 15.8. The molecule has 4 heteroatoms. The number of likely N-dealkylation sites (tertiary alicyclic amines) is 1. The van der Waals surface area contributed by atoms with Gasteiger partial charge in [0.25, 0.3) is 0 Å². The molecule has 2 amide bonds. The standard InChI is InChI=1S/C18H31NO3/c1-12(20)18(7,8)10-17(5,6)11-19-14(21)9-13(15(19)22)16(2,3)4/h13H,9-11H2,1-8H3. The highest BCUT2D eigenvalue weighted by Crippen LogP contribution is 2.39. The van der Waals surface area contributed by atoms with Crippen LogP contribution in [0.25, 0.3) is 0 Å². The SMILES string of the molecule is CC(=O)C(C)(C)CC(C)(C)CN1C(=O)CC(C(C)(C)C)C1=O. The van der Waals surface area contributed by atoms with Gasteiger partial charge in [0.2, 0.25) is 11.8 Å². The van der Waals surface area contributed by atoms with Crippen LogP contribution in [-0.2, 0) is 14.4 Å². The van der Waals surface area contributed by atoms with Crippen LogP contribution in [0.2, 0.25) is 0 Å². The van der Waals surface area contributed by atoms with Crippen LogP contribution < -0.4 is 0 Å². The molecule has 0 aromatic rings. The van der Waals surface area contributed by atoms with E-state index in [1.165, 1.54) is 4.90 Å². The zero-order valence-electron chi connectivity index (χ0n) is 15.4. The van der Waals surface area contributed by atoms with Crippen molar-refractivity contribution in [1.29, 1.82) is 0 Å². The summed E-state index contributed by atoms with van der Waals surface area (Å²) in [5.74, 6) is -0.256. The first kappa shape index (κ1) is 18.9. The van der Waals surface area contributed by atoms with Crippen LogP contribution in [0.5, 0.6) is 0 Å². The van der Waals surface area contributed by atoms with Gasteiger partial charge in [-0.25, -0.2) is 0 Å². The lowest BCUT2D eigenvalue weighted by atomic mass is 9.73.